The molecule has 0 radical (unpaired) electrons. The maximum absolute atomic E-state index is 13.0. The molecule has 2 aliphatic rings. The second kappa shape index (κ2) is 6.14. The van der Waals surface area contributed by atoms with Crippen molar-refractivity contribution in [3.63, 3.8) is 0 Å². The Hall–Kier alpha value is -2.31. The van der Waals surface area contributed by atoms with E-state index in [1.165, 1.54) is 5.56 Å². The van der Waals surface area contributed by atoms with Crippen LogP contribution in [0.25, 0.3) is 11.3 Å². The minimum Gasteiger partial charge on any atom is -0.298 e. The average Bonchev–Trinajstić information content (AvgIpc) is 3.40. The molecular weight excluding hydrogens is 344 g/mol. The maximum atomic E-state index is 13.0. The van der Waals surface area contributed by atoms with Crippen molar-refractivity contribution in [3.05, 3.63) is 68.9 Å². The normalized spacial score (nSPS) is 22.2. The summed E-state index contributed by atoms with van der Waals surface area (Å²) < 4.78 is 1.86. The summed E-state index contributed by atoms with van der Waals surface area (Å²) in [6.07, 6.45) is 2.03. The van der Waals surface area contributed by atoms with Gasteiger partial charge in [0, 0.05) is 30.6 Å². The average molecular weight is 364 g/mol. The van der Waals surface area contributed by atoms with Crippen molar-refractivity contribution >= 4 is 11.3 Å². The van der Waals surface area contributed by atoms with Gasteiger partial charge in [-0.2, -0.15) is 11.3 Å². The van der Waals surface area contributed by atoms with Gasteiger partial charge in [0.2, 0.25) is 0 Å². The van der Waals surface area contributed by atoms with Gasteiger partial charge < -0.3 is 0 Å². The van der Waals surface area contributed by atoms with Crippen molar-refractivity contribution in [2.24, 2.45) is 0 Å². The van der Waals surface area contributed by atoms with Crippen LogP contribution in [0, 0.1) is 0 Å². The summed E-state index contributed by atoms with van der Waals surface area (Å²) in [5.74, 6) is 0.884. The zero-order chi connectivity index (χ0) is 17.6. The molecule has 4 heterocycles. The highest BCUT2D eigenvalue weighted by atomic mass is 32.1. The van der Waals surface area contributed by atoms with E-state index in [1.807, 2.05) is 34.9 Å². The molecule has 5 rings (SSSR count). The number of likely N-dealkylation sites (tertiary alicyclic amines) is 1. The first kappa shape index (κ1) is 15.9. The Labute approximate surface area is 155 Å². The van der Waals surface area contributed by atoms with E-state index < -0.39 is 0 Å². The lowest BCUT2D eigenvalue weighted by molar-refractivity contribution is 0.299. The number of aromatic nitrogens is 3. The Bertz CT molecular complexity index is 983. The highest BCUT2D eigenvalue weighted by molar-refractivity contribution is 7.07. The number of rotatable bonds is 3. The molecule has 1 saturated heterocycles. The van der Waals surface area contributed by atoms with E-state index in [0.717, 1.165) is 50.4 Å². The molecule has 0 unspecified atom stereocenters. The van der Waals surface area contributed by atoms with Crippen molar-refractivity contribution in [1.82, 2.24) is 19.7 Å². The highest BCUT2D eigenvalue weighted by Gasteiger charge is 2.46. The van der Waals surface area contributed by atoms with Gasteiger partial charge in [0.05, 0.1) is 0 Å². The van der Waals surface area contributed by atoms with Gasteiger partial charge in [-0.25, -0.2) is 0 Å². The quantitative estimate of drug-likeness (QED) is 0.717. The van der Waals surface area contributed by atoms with Crippen LogP contribution in [0.2, 0.25) is 0 Å². The van der Waals surface area contributed by atoms with Crippen LogP contribution in [0.5, 0.6) is 0 Å². The second-order valence-corrected chi connectivity index (χ2v) is 8.10. The van der Waals surface area contributed by atoms with Crippen molar-refractivity contribution < 1.29 is 0 Å². The lowest BCUT2D eigenvalue weighted by atomic mass is 9.85. The van der Waals surface area contributed by atoms with Crippen LogP contribution in [-0.2, 0) is 18.5 Å². The molecule has 5 nitrogen and oxygen atoms in total. The van der Waals surface area contributed by atoms with Crippen molar-refractivity contribution in [3.8, 4) is 11.3 Å². The minimum atomic E-state index is -0.0165. The monoisotopic (exact) mass is 364 g/mol. The Morgan fingerprint density at radius 3 is 2.73 bits per heavy atom. The fraction of sp³-hybridized carbons (Fsp3) is 0.350. The summed E-state index contributed by atoms with van der Waals surface area (Å²) in [4.78, 5) is 15.5. The van der Waals surface area contributed by atoms with E-state index in [4.69, 9.17) is 0 Å². The predicted molar refractivity (Wildman–Crippen MR) is 102 cm³/mol. The minimum absolute atomic E-state index is 0.00522. The molecular formula is C20H20N4OS. The molecule has 132 valence electrons. The van der Waals surface area contributed by atoms with Gasteiger partial charge in [-0.3, -0.25) is 14.3 Å². The summed E-state index contributed by atoms with van der Waals surface area (Å²) in [6.45, 7) is 3.73. The van der Waals surface area contributed by atoms with Crippen molar-refractivity contribution in [2.75, 3.05) is 13.1 Å². The van der Waals surface area contributed by atoms with Crippen LogP contribution in [0.3, 0.4) is 0 Å². The molecule has 1 atom stereocenters. The SMILES string of the molecule is O=c1c(-c2ccccc2)nnc2n1CC[C@@]21CCN(Cc2ccsc2)C1. The molecule has 0 aliphatic carbocycles. The van der Waals surface area contributed by atoms with Crippen molar-refractivity contribution in [2.45, 2.75) is 31.3 Å². The third-order valence-corrected chi connectivity index (χ3v) is 6.43. The molecule has 0 amide bonds. The number of hydrogen-bond acceptors (Lipinski definition) is 5. The summed E-state index contributed by atoms with van der Waals surface area (Å²) in [5.41, 5.74) is 2.64. The number of nitrogens with zero attached hydrogens (tertiary/aromatic N) is 4. The van der Waals surface area contributed by atoms with Crippen LogP contribution in [0.1, 0.15) is 24.2 Å². The zero-order valence-corrected chi connectivity index (χ0v) is 15.3. The lowest BCUT2D eigenvalue weighted by Crippen LogP contribution is -2.33. The van der Waals surface area contributed by atoms with Crippen LogP contribution >= 0.6 is 11.3 Å². The van der Waals surface area contributed by atoms with Gasteiger partial charge in [0.1, 0.15) is 5.82 Å². The maximum Gasteiger partial charge on any atom is 0.280 e. The molecule has 6 heteroatoms. The van der Waals surface area contributed by atoms with E-state index in [9.17, 15) is 4.79 Å². The topological polar surface area (TPSA) is 51.0 Å². The van der Waals surface area contributed by atoms with Gasteiger partial charge in [-0.1, -0.05) is 30.3 Å². The van der Waals surface area contributed by atoms with Gasteiger partial charge in [0.15, 0.2) is 5.69 Å². The molecule has 1 aromatic carbocycles. The van der Waals surface area contributed by atoms with Crippen LogP contribution in [-0.4, -0.2) is 32.8 Å². The standard InChI is InChI=1S/C20H20N4OS/c25-18-17(16-4-2-1-3-5-16)21-22-19-20(8-10-24(18)19)7-9-23(14-20)12-15-6-11-26-13-15/h1-6,11,13H,7-10,12,14H2/t20-/m1/s1. The smallest absolute Gasteiger partial charge is 0.280 e. The summed E-state index contributed by atoms with van der Waals surface area (Å²) in [7, 11) is 0. The number of fused-ring (bicyclic) bond motifs is 2. The molecule has 26 heavy (non-hydrogen) atoms. The first-order valence-electron chi connectivity index (χ1n) is 9.02. The lowest BCUT2D eigenvalue weighted by Gasteiger charge is -2.22. The van der Waals surface area contributed by atoms with E-state index in [-0.39, 0.29) is 11.0 Å². The van der Waals surface area contributed by atoms with E-state index in [2.05, 4.69) is 31.9 Å². The summed E-state index contributed by atoms with van der Waals surface area (Å²) in [6, 6.07) is 11.8. The number of thiophene rings is 1. The predicted octanol–water partition coefficient (Wildman–Crippen LogP) is 2.91. The molecule has 0 bridgehead atoms. The first-order valence-corrected chi connectivity index (χ1v) is 9.96. The number of benzene rings is 1. The molecule has 2 aliphatic heterocycles. The second-order valence-electron chi connectivity index (χ2n) is 7.32. The molecule has 2 aromatic heterocycles. The van der Waals surface area contributed by atoms with E-state index in [0.29, 0.717) is 5.69 Å². The van der Waals surface area contributed by atoms with Crippen LogP contribution in [0.15, 0.2) is 52.0 Å². The zero-order valence-electron chi connectivity index (χ0n) is 14.5. The van der Waals surface area contributed by atoms with Crippen LogP contribution in [0.4, 0.5) is 0 Å². The fourth-order valence-electron chi connectivity index (χ4n) is 4.35. The summed E-state index contributed by atoms with van der Waals surface area (Å²) >= 11 is 1.74. The van der Waals surface area contributed by atoms with Gasteiger partial charge in [-0.05, 0) is 41.8 Å². The summed E-state index contributed by atoms with van der Waals surface area (Å²) in [5, 5.41) is 13.2. The Morgan fingerprint density at radius 1 is 1.08 bits per heavy atom. The fourth-order valence-corrected chi connectivity index (χ4v) is 5.01. The third-order valence-electron chi connectivity index (χ3n) is 5.70. The molecule has 3 aromatic rings. The van der Waals surface area contributed by atoms with Gasteiger partial charge in [-0.15, -0.1) is 10.2 Å². The third kappa shape index (κ3) is 2.52. The Kier molecular flexibility index (Phi) is 3.76. The van der Waals surface area contributed by atoms with E-state index >= 15 is 0 Å². The van der Waals surface area contributed by atoms with Gasteiger partial charge >= 0.3 is 0 Å². The molecule has 1 fully saturated rings. The largest absolute Gasteiger partial charge is 0.298 e. The van der Waals surface area contributed by atoms with Crippen molar-refractivity contribution in [1.29, 1.82) is 0 Å². The Morgan fingerprint density at radius 2 is 1.92 bits per heavy atom. The molecule has 1 spiro atoms. The highest BCUT2D eigenvalue weighted by Crippen LogP contribution is 2.41. The van der Waals surface area contributed by atoms with E-state index in [1.54, 1.807) is 11.3 Å². The first-order chi connectivity index (χ1) is 12.8. The Balaban J connectivity index is 1.46. The molecule has 0 saturated carbocycles. The van der Waals surface area contributed by atoms with Crippen LogP contribution < -0.4 is 5.56 Å². The number of hydrogen-bond donors (Lipinski definition) is 0. The van der Waals surface area contributed by atoms with Gasteiger partial charge in [0.25, 0.3) is 5.56 Å². The molecule has 0 N–H and O–H groups in total.